The molecule has 0 saturated carbocycles. The number of rotatable bonds is 5. The van der Waals surface area contributed by atoms with Gasteiger partial charge in [-0.2, -0.15) is 0 Å². The maximum Gasteiger partial charge on any atom is 0.255 e. The normalized spacial score (nSPS) is 10.3. The Balaban J connectivity index is 1.79. The first kappa shape index (κ1) is 18.6. The van der Waals surface area contributed by atoms with Gasteiger partial charge in [0, 0.05) is 34.5 Å². The first-order valence-electron chi connectivity index (χ1n) is 8.49. The third-order valence-electron chi connectivity index (χ3n) is 3.91. The van der Waals surface area contributed by atoms with E-state index >= 15 is 0 Å². The van der Waals surface area contributed by atoms with Gasteiger partial charge in [-0.05, 0) is 42.5 Å². The van der Waals surface area contributed by atoms with E-state index in [0.717, 1.165) is 5.56 Å². The number of nitrogens with zero attached hydrogens (tertiary/aromatic N) is 1. The van der Waals surface area contributed by atoms with Crippen LogP contribution in [0.2, 0.25) is 5.02 Å². The van der Waals surface area contributed by atoms with E-state index in [-0.39, 0.29) is 11.8 Å². The molecule has 27 heavy (non-hydrogen) atoms. The van der Waals surface area contributed by atoms with Crippen molar-refractivity contribution in [2.75, 3.05) is 10.6 Å². The fourth-order valence-corrected chi connectivity index (χ4v) is 2.71. The molecular weight excluding hydrogens is 362 g/mol. The van der Waals surface area contributed by atoms with Crippen molar-refractivity contribution in [3.63, 3.8) is 0 Å². The van der Waals surface area contributed by atoms with Gasteiger partial charge in [0.2, 0.25) is 5.91 Å². The zero-order valence-electron chi connectivity index (χ0n) is 14.7. The molecule has 1 heterocycles. The van der Waals surface area contributed by atoms with E-state index in [0.29, 0.717) is 34.1 Å². The van der Waals surface area contributed by atoms with Gasteiger partial charge in [0.05, 0.1) is 11.4 Å². The number of nitrogens with one attached hydrogen (secondary N) is 2. The topological polar surface area (TPSA) is 71.1 Å². The van der Waals surface area contributed by atoms with Crippen molar-refractivity contribution in [1.82, 2.24) is 4.98 Å². The highest BCUT2D eigenvalue weighted by Crippen LogP contribution is 2.26. The predicted molar refractivity (Wildman–Crippen MR) is 108 cm³/mol. The summed E-state index contributed by atoms with van der Waals surface area (Å²) in [6, 6.07) is 17.6. The predicted octanol–water partition coefficient (Wildman–Crippen LogP) is 5.00. The lowest BCUT2D eigenvalue weighted by Gasteiger charge is -2.10. The number of amides is 2. The number of hydrogen-bond acceptors (Lipinski definition) is 3. The summed E-state index contributed by atoms with van der Waals surface area (Å²) >= 11 is 5.94. The summed E-state index contributed by atoms with van der Waals surface area (Å²) in [6.07, 6.45) is 2.05. The van der Waals surface area contributed by atoms with Crippen molar-refractivity contribution in [1.29, 1.82) is 0 Å². The minimum atomic E-state index is -0.232. The number of halogens is 1. The molecule has 2 aromatic carbocycles. The van der Waals surface area contributed by atoms with Gasteiger partial charge in [-0.25, -0.2) is 0 Å². The molecule has 0 radical (unpaired) electrons. The average molecular weight is 380 g/mol. The summed E-state index contributed by atoms with van der Waals surface area (Å²) in [4.78, 5) is 28.5. The second kappa shape index (κ2) is 8.47. The van der Waals surface area contributed by atoms with Crippen molar-refractivity contribution in [2.45, 2.75) is 13.3 Å². The van der Waals surface area contributed by atoms with Gasteiger partial charge in [-0.3, -0.25) is 14.6 Å². The van der Waals surface area contributed by atoms with Gasteiger partial charge in [-0.15, -0.1) is 0 Å². The van der Waals surface area contributed by atoms with Crippen LogP contribution in [0.15, 0.2) is 66.9 Å². The maximum atomic E-state index is 12.4. The van der Waals surface area contributed by atoms with E-state index in [2.05, 4.69) is 15.6 Å². The van der Waals surface area contributed by atoms with E-state index in [1.165, 1.54) is 0 Å². The number of hydrogen-bond donors (Lipinski definition) is 2. The highest BCUT2D eigenvalue weighted by molar-refractivity contribution is 6.31. The molecule has 0 saturated heterocycles. The molecule has 1 aromatic heterocycles. The van der Waals surface area contributed by atoms with Crippen molar-refractivity contribution in [2.24, 2.45) is 0 Å². The fraction of sp³-hybridized carbons (Fsp3) is 0.0952. The van der Waals surface area contributed by atoms with E-state index in [9.17, 15) is 9.59 Å². The molecule has 2 N–H and O–H groups in total. The summed E-state index contributed by atoms with van der Waals surface area (Å²) in [6.45, 7) is 1.79. The molecule has 0 spiro atoms. The zero-order chi connectivity index (χ0) is 19.2. The molecule has 0 fully saturated rings. The SMILES string of the molecule is CCC(=O)Nc1cccnc1-c1ccc(C(=O)Nc2cccc(Cl)c2)cc1. The van der Waals surface area contributed by atoms with Gasteiger partial charge in [0.25, 0.3) is 5.91 Å². The molecule has 3 rings (SSSR count). The summed E-state index contributed by atoms with van der Waals surface area (Å²) in [5, 5.41) is 6.20. The van der Waals surface area contributed by atoms with Gasteiger partial charge in [-0.1, -0.05) is 36.7 Å². The van der Waals surface area contributed by atoms with Gasteiger partial charge in [0.15, 0.2) is 0 Å². The maximum absolute atomic E-state index is 12.4. The molecule has 0 bridgehead atoms. The minimum Gasteiger partial charge on any atom is -0.324 e. The molecule has 0 unspecified atom stereocenters. The fourth-order valence-electron chi connectivity index (χ4n) is 2.52. The Bertz CT molecular complexity index is 971. The van der Waals surface area contributed by atoms with Crippen molar-refractivity contribution in [3.8, 4) is 11.3 Å². The van der Waals surface area contributed by atoms with Crippen LogP contribution in [-0.4, -0.2) is 16.8 Å². The van der Waals surface area contributed by atoms with Crippen LogP contribution in [0.3, 0.4) is 0 Å². The number of carbonyl (C=O) groups excluding carboxylic acids is 2. The van der Waals surface area contributed by atoms with E-state index in [4.69, 9.17) is 11.6 Å². The Kier molecular flexibility index (Phi) is 5.84. The van der Waals surface area contributed by atoms with Crippen molar-refractivity contribution in [3.05, 3.63) is 77.4 Å². The van der Waals surface area contributed by atoms with Crippen LogP contribution >= 0.6 is 11.6 Å². The largest absolute Gasteiger partial charge is 0.324 e. The molecular formula is C21H18ClN3O2. The standard InChI is InChI=1S/C21H18ClN3O2/c1-2-19(26)25-18-7-4-12-23-20(18)14-8-10-15(11-9-14)21(27)24-17-6-3-5-16(22)13-17/h3-13H,2H2,1H3,(H,24,27)(H,25,26). The van der Waals surface area contributed by atoms with Crippen molar-refractivity contribution >= 4 is 34.8 Å². The quantitative estimate of drug-likeness (QED) is 0.655. The number of benzene rings is 2. The van der Waals surface area contributed by atoms with Gasteiger partial charge in [0.1, 0.15) is 0 Å². The average Bonchev–Trinajstić information content (AvgIpc) is 2.68. The highest BCUT2D eigenvalue weighted by atomic mass is 35.5. The number of pyridine rings is 1. The molecule has 6 heteroatoms. The zero-order valence-corrected chi connectivity index (χ0v) is 15.5. The third-order valence-corrected chi connectivity index (χ3v) is 4.14. The monoisotopic (exact) mass is 379 g/mol. The third kappa shape index (κ3) is 4.71. The molecule has 0 aliphatic carbocycles. The Morgan fingerprint density at radius 2 is 1.78 bits per heavy atom. The summed E-state index contributed by atoms with van der Waals surface area (Å²) in [5.74, 6) is -0.314. The van der Waals surface area contributed by atoms with E-state index in [1.54, 1.807) is 73.8 Å². The number of anilines is 2. The molecule has 0 aliphatic rings. The molecule has 0 atom stereocenters. The van der Waals surface area contributed by atoms with Gasteiger partial charge >= 0.3 is 0 Å². The Hall–Kier alpha value is -3.18. The van der Waals surface area contributed by atoms with Gasteiger partial charge < -0.3 is 10.6 Å². The summed E-state index contributed by atoms with van der Waals surface area (Å²) < 4.78 is 0. The molecule has 5 nitrogen and oxygen atoms in total. The Labute approximate surface area is 162 Å². The number of carbonyl (C=O) groups is 2. The van der Waals surface area contributed by atoms with E-state index < -0.39 is 0 Å². The minimum absolute atomic E-state index is 0.0817. The first-order chi connectivity index (χ1) is 13.1. The molecule has 136 valence electrons. The second-order valence-corrected chi connectivity index (χ2v) is 6.28. The molecule has 2 amide bonds. The summed E-state index contributed by atoms with van der Waals surface area (Å²) in [7, 11) is 0. The van der Waals surface area contributed by atoms with Crippen LogP contribution in [0.25, 0.3) is 11.3 Å². The lowest BCUT2D eigenvalue weighted by atomic mass is 10.1. The first-order valence-corrected chi connectivity index (χ1v) is 8.87. The molecule has 3 aromatic rings. The van der Waals surface area contributed by atoms with Crippen LogP contribution in [0, 0.1) is 0 Å². The second-order valence-electron chi connectivity index (χ2n) is 5.84. The van der Waals surface area contributed by atoms with Crippen LogP contribution in [0.1, 0.15) is 23.7 Å². The lowest BCUT2D eigenvalue weighted by Crippen LogP contribution is -2.12. The van der Waals surface area contributed by atoms with Crippen LogP contribution in [0.5, 0.6) is 0 Å². The lowest BCUT2D eigenvalue weighted by molar-refractivity contribution is -0.115. The number of aromatic nitrogens is 1. The van der Waals surface area contributed by atoms with Crippen LogP contribution in [-0.2, 0) is 4.79 Å². The van der Waals surface area contributed by atoms with Crippen LogP contribution in [0.4, 0.5) is 11.4 Å². The highest BCUT2D eigenvalue weighted by Gasteiger charge is 2.11. The summed E-state index contributed by atoms with van der Waals surface area (Å²) in [5.41, 5.74) is 3.24. The Morgan fingerprint density at radius 1 is 1.00 bits per heavy atom. The molecule has 0 aliphatic heterocycles. The van der Waals surface area contributed by atoms with Crippen LogP contribution < -0.4 is 10.6 Å². The van der Waals surface area contributed by atoms with E-state index in [1.807, 2.05) is 0 Å². The van der Waals surface area contributed by atoms with Crippen molar-refractivity contribution < 1.29 is 9.59 Å². The smallest absolute Gasteiger partial charge is 0.255 e. The Morgan fingerprint density at radius 3 is 2.48 bits per heavy atom.